The van der Waals surface area contributed by atoms with E-state index in [1.165, 1.54) is 0 Å². The van der Waals surface area contributed by atoms with Gasteiger partial charge in [0.1, 0.15) is 10.1 Å². The molecule has 0 radical (unpaired) electrons. The van der Waals surface area contributed by atoms with Gasteiger partial charge in [0.05, 0.1) is 15.5 Å². The molecule has 0 fully saturated rings. The quantitative estimate of drug-likeness (QED) is 0.504. The minimum absolute atomic E-state index is 0. The fraction of sp³-hybridized carbons (Fsp3) is 0.143. The van der Waals surface area contributed by atoms with Crippen molar-refractivity contribution in [3.05, 3.63) is 28.8 Å². The van der Waals surface area contributed by atoms with Crippen molar-refractivity contribution in [1.29, 1.82) is 0 Å². The largest absolute Gasteiger partial charge is 1.00 e. The summed E-state index contributed by atoms with van der Waals surface area (Å²) in [5.74, 6) is 0. The first-order valence-corrected chi connectivity index (χ1v) is 5.23. The van der Waals surface area contributed by atoms with Crippen LogP contribution in [0.25, 0.3) is 0 Å². The summed E-state index contributed by atoms with van der Waals surface area (Å²) in [7, 11) is -5.00. The van der Waals surface area contributed by atoms with Crippen molar-refractivity contribution in [3.63, 3.8) is 0 Å². The maximum atomic E-state index is 12.1. The Balaban J connectivity index is 0.00000225. The molecular formula is C7H3ClF3NaO3S. The Morgan fingerprint density at radius 1 is 1.25 bits per heavy atom. The number of benzene rings is 1. The normalized spacial score (nSPS) is 12.1. The van der Waals surface area contributed by atoms with Crippen molar-refractivity contribution in [2.45, 2.75) is 11.1 Å². The first-order chi connectivity index (χ1) is 6.62. The van der Waals surface area contributed by atoms with Crippen molar-refractivity contribution in [2.24, 2.45) is 0 Å². The van der Waals surface area contributed by atoms with E-state index in [-0.39, 0.29) is 35.6 Å². The zero-order valence-electron chi connectivity index (χ0n) is 7.88. The van der Waals surface area contributed by atoms with Gasteiger partial charge in [-0.05, 0) is 18.2 Å². The molecule has 0 aliphatic rings. The fourth-order valence-electron chi connectivity index (χ4n) is 0.871. The summed E-state index contributed by atoms with van der Waals surface area (Å²) in [5.41, 5.74) is -1.23. The topological polar surface area (TPSA) is 57.2 Å². The Morgan fingerprint density at radius 2 is 1.75 bits per heavy atom. The molecule has 0 aliphatic carbocycles. The number of alkyl halides is 3. The van der Waals surface area contributed by atoms with Crippen LogP contribution >= 0.6 is 11.6 Å². The van der Waals surface area contributed by atoms with Crippen LogP contribution in [-0.4, -0.2) is 13.0 Å². The van der Waals surface area contributed by atoms with Gasteiger partial charge in [-0.2, -0.15) is 13.2 Å². The molecule has 0 N–H and O–H groups in total. The molecular weight excluding hydrogens is 280 g/mol. The minimum atomic E-state index is -5.00. The van der Waals surface area contributed by atoms with Gasteiger partial charge in [0.15, 0.2) is 0 Å². The van der Waals surface area contributed by atoms with Crippen molar-refractivity contribution in [1.82, 2.24) is 0 Å². The van der Waals surface area contributed by atoms with Gasteiger partial charge in [-0.25, -0.2) is 8.42 Å². The zero-order valence-corrected chi connectivity index (χ0v) is 11.4. The van der Waals surface area contributed by atoms with Crippen LogP contribution in [0.5, 0.6) is 0 Å². The Bertz CT molecular complexity index is 486. The average molecular weight is 283 g/mol. The van der Waals surface area contributed by atoms with Crippen LogP contribution in [0.4, 0.5) is 13.2 Å². The molecule has 0 saturated heterocycles. The van der Waals surface area contributed by atoms with E-state index in [9.17, 15) is 26.1 Å². The minimum Gasteiger partial charge on any atom is -0.744 e. The van der Waals surface area contributed by atoms with E-state index >= 15 is 0 Å². The van der Waals surface area contributed by atoms with Crippen molar-refractivity contribution < 1.29 is 55.7 Å². The van der Waals surface area contributed by atoms with Gasteiger partial charge in [-0.15, -0.1) is 0 Å². The van der Waals surface area contributed by atoms with E-state index in [2.05, 4.69) is 0 Å². The van der Waals surface area contributed by atoms with Crippen LogP contribution in [-0.2, 0) is 16.3 Å². The second kappa shape index (κ2) is 5.24. The Morgan fingerprint density at radius 3 is 2.12 bits per heavy atom. The second-order valence-electron chi connectivity index (χ2n) is 2.60. The van der Waals surface area contributed by atoms with Crippen LogP contribution in [0.15, 0.2) is 23.1 Å². The molecule has 1 aromatic rings. The molecule has 0 saturated carbocycles. The predicted octanol–water partition coefficient (Wildman–Crippen LogP) is -0.733. The van der Waals surface area contributed by atoms with E-state index in [1.54, 1.807) is 0 Å². The van der Waals surface area contributed by atoms with E-state index in [1.807, 2.05) is 0 Å². The zero-order chi connectivity index (χ0) is 11.9. The molecule has 3 nitrogen and oxygen atoms in total. The molecule has 1 rings (SSSR count). The van der Waals surface area contributed by atoms with Crippen LogP contribution in [0.3, 0.4) is 0 Å². The maximum absolute atomic E-state index is 12.1. The van der Waals surface area contributed by atoms with Crippen LogP contribution < -0.4 is 29.6 Å². The number of hydrogen-bond acceptors (Lipinski definition) is 3. The standard InChI is InChI=1S/C7H4ClF3O3S.Na/c8-5-2-1-4(7(9,10)11)3-6(5)15(12,13)14;/h1-3H,(H,12,13,14);/q;+1/p-1. The smallest absolute Gasteiger partial charge is 0.744 e. The van der Waals surface area contributed by atoms with E-state index in [0.29, 0.717) is 6.07 Å². The van der Waals surface area contributed by atoms with E-state index in [0.717, 1.165) is 6.07 Å². The van der Waals surface area contributed by atoms with Gasteiger partial charge >= 0.3 is 35.7 Å². The van der Waals surface area contributed by atoms with Crippen LogP contribution in [0.2, 0.25) is 5.02 Å². The molecule has 0 aliphatic heterocycles. The molecule has 0 aromatic heterocycles. The summed E-state index contributed by atoms with van der Waals surface area (Å²) < 4.78 is 68.0. The van der Waals surface area contributed by atoms with E-state index in [4.69, 9.17) is 11.6 Å². The molecule has 0 bridgehead atoms. The van der Waals surface area contributed by atoms with Gasteiger partial charge in [-0.3, -0.25) is 0 Å². The fourth-order valence-corrected chi connectivity index (χ4v) is 1.85. The molecule has 16 heavy (non-hydrogen) atoms. The molecule has 0 heterocycles. The molecule has 0 unspecified atom stereocenters. The van der Waals surface area contributed by atoms with Gasteiger partial charge in [0.2, 0.25) is 0 Å². The first kappa shape index (κ1) is 16.2. The third-order valence-corrected chi connectivity index (χ3v) is 2.85. The first-order valence-electron chi connectivity index (χ1n) is 3.45. The molecule has 0 atom stereocenters. The molecule has 0 spiro atoms. The van der Waals surface area contributed by atoms with Crippen LogP contribution in [0, 0.1) is 0 Å². The summed E-state index contributed by atoms with van der Waals surface area (Å²) in [5, 5.41) is -0.530. The van der Waals surface area contributed by atoms with Crippen molar-refractivity contribution in [2.75, 3.05) is 0 Å². The molecule has 9 heteroatoms. The summed E-state index contributed by atoms with van der Waals surface area (Å²) in [6, 6.07) is 1.52. The summed E-state index contributed by atoms with van der Waals surface area (Å²) >= 11 is 5.28. The molecule has 1 aromatic carbocycles. The number of halogens is 4. The Kier molecular flexibility index (Phi) is 5.31. The molecule has 0 amide bonds. The van der Waals surface area contributed by atoms with Gasteiger partial charge in [-0.1, -0.05) is 11.6 Å². The third-order valence-electron chi connectivity index (χ3n) is 1.53. The summed E-state index contributed by atoms with van der Waals surface area (Å²) in [4.78, 5) is -1.07. The predicted molar refractivity (Wildman–Crippen MR) is 44.4 cm³/mol. The van der Waals surface area contributed by atoms with Crippen molar-refractivity contribution in [3.8, 4) is 0 Å². The van der Waals surface area contributed by atoms with Gasteiger partial charge in [0.25, 0.3) is 0 Å². The second-order valence-corrected chi connectivity index (χ2v) is 4.35. The summed E-state index contributed by atoms with van der Waals surface area (Å²) in [6.07, 6.45) is -4.72. The Labute approximate surface area is 117 Å². The van der Waals surface area contributed by atoms with Gasteiger partial charge < -0.3 is 4.55 Å². The summed E-state index contributed by atoms with van der Waals surface area (Å²) in [6.45, 7) is 0. The monoisotopic (exact) mass is 282 g/mol. The van der Waals surface area contributed by atoms with Gasteiger partial charge in [0, 0.05) is 0 Å². The van der Waals surface area contributed by atoms with Crippen molar-refractivity contribution >= 4 is 21.7 Å². The number of rotatable bonds is 1. The Hall–Kier alpha value is 0.210. The SMILES string of the molecule is O=S(=O)([O-])c1cc(C(F)(F)F)ccc1Cl.[Na+]. The third kappa shape index (κ3) is 3.90. The average Bonchev–Trinajstić information content (AvgIpc) is 2.00. The molecule has 84 valence electrons. The van der Waals surface area contributed by atoms with Crippen LogP contribution in [0.1, 0.15) is 5.56 Å². The number of hydrogen-bond donors (Lipinski definition) is 0. The maximum Gasteiger partial charge on any atom is 1.00 e. The van der Waals surface area contributed by atoms with E-state index < -0.39 is 31.8 Å².